The van der Waals surface area contributed by atoms with Gasteiger partial charge in [0, 0.05) is 36.3 Å². The first-order chi connectivity index (χ1) is 15.4. The van der Waals surface area contributed by atoms with Gasteiger partial charge in [0.25, 0.3) is 5.88 Å². The highest BCUT2D eigenvalue weighted by Crippen LogP contribution is 2.58. The Balaban J connectivity index is 1.49. The lowest BCUT2D eigenvalue weighted by molar-refractivity contribution is -0.119. The summed E-state index contributed by atoms with van der Waals surface area (Å²) < 4.78 is 11.4. The number of pyridine rings is 2. The molecular formula is C25H28N4O3. The Morgan fingerprint density at radius 3 is 2.66 bits per heavy atom. The van der Waals surface area contributed by atoms with E-state index in [1.165, 1.54) is 0 Å². The zero-order valence-electron chi connectivity index (χ0n) is 19.0. The number of ether oxygens (including phenoxy) is 2. The summed E-state index contributed by atoms with van der Waals surface area (Å²) in [6, 6.07) is 8.13. The minimum Gasteiger partial charge on any atom is -0.491 e. The number of carbonyl (C=O) groups is 1. The fraction of sp³-hybridized carbons (Fsp3) is 0.400. The van der Waals surface area contributed by atoms with Crippen molar-refractivity contribution in [2.75, 3.05) is 46.3 Å². The zero-order valence-corrected chi connectivity index (χ0v) is 19.0. The zero-order chi connectivity index (χ0) is 22.5. The minimum atomic E-state index is -0.357. The number of hydrogen-bond donors (Lipinski definition) is 0. The molecule has 1 aromatic carbocycles. The molecule has 0 N–H and O–H groups in total. The minimum absolute atomic E-state index is 0.186. The van der Waals surface area contributed by atoms with Gasteiger partial charge in [0.05, 0.1) is 36.5 Å². The van der Waals surface area contributed by atoms with Crippen molar-refractivity contribution in [2.24, 2.45) is 0 Å². The molecule has 3 aromatic rings. The van der Waals surface area contributed by atoms with Gasteiger partial charge in [-0.05, 0) is 57.1 Å². The molecule has 1 amide bonds. The maximum Gasteiger partial charge on any atom is 0.257 e. The topological polar surface area (TPSA) is 67.8 Å². The third-order valence-corrected chi connectivity index (χ3v) is 6.51. The molecule has 2 aliphatic rings. The maximum atomic E-state index is 12.9. The van der Waals surface area contributed by atoms with E-state index >= 15 is 0 Å². The first kappa shape index (κ1) is 20.7. The van der Waals surface area contributed by atoms with Crippen LogP contribution in [0.5, 0.6) is 11.6 Å². The van der Waals surface area contributed by atoms with Crippen LogP contribution in [0.15, 0.2) is 36.7 Å². The normalized spacial score (nSPS) is 16.2. The number of hydrogen-bond acceptors (Lipinski definition) is 6. The number of carbonyl (C=O) groups excluding carboxylic acids is 1. The van der Waals surface area contributed by atoms with E-state index in [0.29, 0.717) is 18.2 Å². The molecule has 7 nitrogen and oxygen atoms in total. The van der Waals surface area contributed by atoms with Crippen molar-refractivity contribution in [1.29, 1.82) is 0 Å². The molecule has 0 unspecified atom stereocenters. The Morgan fingerprint density at radius 1 is 1.12 bits per heavy atom. The number of anilines is 1. The van der Waals surface area contributed by atoms with Gasteiger partial charge in [-0.25, -0.2) is 4.98 Å². The number of amides is 1. The van der Waals surface area contributed by atoms with Gasteiger partial charge in [0.1, 0.15) is 0 Å². The van der Waals surface area contributed by atoms with E-state index in [0.717, 1.165) is 59.1 Å². The highest BCUT2D eigenvalue weighted by atomic mass is 16.5. The van der Waals surface area contributed by atoms with Crippen molar-refractivity contribution in [1.82, 2.24) is 14.9 Å². The third kappa shape index (κ3) is 3.28. The summed E-state index contributed by atoms with van der Waals surface area (Å²) in [6.07, 6.45) is 6.36. The summed E-state index contributed by atoms with van der Waals surface area (Å²) in [6.45, 7) is 1.54. The SMILES string of the molecule is COc1cc(-c2ccc3ncc4c(c3c2)C2(CC2)C(=O)N4C)cnc1OCCCN(C)C. The average Bonchev–Trinajstić information content (AvgIpc) is 3.57. The van der Waals surface area contributed by atoms with E-state index in [4.69, 9.17) is 9.47 Å². The van der Waals surface area contributed by atoms with Crippen molar-refractivity contribution in [3.05, 3.63) is 42.2 Å². The molecule has 1 aliphatic carbocycles. The van der Waals surface area contributed by atoms with Crippen molar-refractivity contribution in [3.63, 3.8) is 0 Å². The van der Waals surface area contributed by atoms with Gasteiger partial charge in [-0.15, -0.1) is 0 Å². The molecule has 1 spiro atoms. The van der Waals surface area contributed by atoms with E-state index in [1.807, 2.05) is 51.7 Å². The molecule has 5 rings (SSSR count). The summed E-state index contributed by atoms with van der Waals surface area (Å²) in [7, 11) is 7.56. The Morgan fingerprint density at radius 2 is 1.94 bits per heavy atom. The quantitative estimate of drug-likeness (QED) is 0.531. The molecular weight excluding hydrogens is 404 g/mol. The van der Waals surface area contributed by atoms with E-state index in [1.54, 1.807) is 12.0 Å². The van der Waals surface area contributed by atoms with Gasteiger partial charge in [-0.3, -0.25) is 9.78 Å². The summed E-state index contributed by atoms with van der Waals surface area (Å²) >= 11 is 0. The van der Waals surface area contributed by atoms with Crippen LogP contribution in [0.3, 0.4) is 0 Å². The van der Waals surface area contributed by atoms with Crippen LogP contribution < -0.4 is 14.4 Å². The van der Waals surface area contributed by atoms with Crippen molar-refractivity contribution >= 4 is 22.5 Å². The lowest BCUT2D eigenvalue weighted by atomic mass is 9.92. The number of rotatable bonds is 7. The van der Waals surface area contributed by atoms with E-state index in [-0.39, 0.29) is 11.3 Å². The van der Waals surface area contributed by atoms with E-state index in [9.17, 15) is 4.79 Å². The molecule has 1 fully saturated rings. The summed E-state index contributed by atoms with van der Waals surface area (Å²) in [5.74, 6) is 1.30. The molecule has 0 atom stereocenters. The number of methoxy groups -OCH3 is 1. The fourth-order valence-electron chi connectivity index (χ4n) is 4.64. The maximum absolute atomic E-state index is 12.9. The van der Waals surface area contributed by atoms with Crippen LogP contribution >= 0.6 is 0 Å². The second kappa shape index (κ2) is 7.74. The lowest BCUT2D eigenvalue weighted by Crippen LogP contribution is -2.28. The molecule has 3 heterocycles. The van der Waals surface area contributed by atoms with Crippen LogP contribution in [-0.2, 0) is 10.2 Å². The lowest BCUT2D eigenvalue weighted by Gasteiger charge is -2.14. The predicted molar refractivity (Wildman–Crippen MR) is 125 cm³/mol. The van der Waals surface area contributed by atoms with Gasteiger partial charge in [-0.2, -0.15) is 0 Å². The van der Waals surface area contributed by atoms with Crippen LogP contribution in [0.4, 0.5) is 5.69 Å². The van der Waals surface area contributed by atoms with Gasteiger partial charge in [0.15, 0.2) is 5.75 Å². The molecule has 0 saturated heterocycles. The summed E-state index contributed by atoms with van der Waals surface area (Å²) in [4.78, 5) is 25.9. The first-order valence-corrected chi connectivity index (χ1v) is 11.0. The number of benzene rings is 1. The van der Waals surface area contributed by atoms with Crippen molar-refractivity contribution in [3.8, 4) is 22.8 Å². The Kier molecular flexibility index (Phi) is 5.01. The highest BCUT2D eigenvalue weighted by molar-refractivity contribution is 6.14. The second-order valence-corrected chi connectivity index (χ2v) is 8.93. The molecule has 0 radical (unpaired) electrons. The van der Waals surface area contributed by atoms with Crippen molar-refractivity contribution < 1.29 is 14.3 Å². The summed E-state index contributed by atoms with van der Waals surface area (Å²) in [5.41, 5.74) is 4.54. The van der Waals surface area contributed by atoms with Gasteiger partial charge >= 0.3 is 0 Å². The Labute approximate surface area is 188 Å². The second-order valence-electron chi connectivity index (χ2n) is 8.93. The fourth-order valence-corrected chi connectivity index (χ4v) is 4.64. The van der Waals surface area contributed by atoms with Gasteiger partial charge < -0.3 is 19.3 Å². The van der Waals surface area contributed by atoms with Crippen LogP contribution in [0.2, 0.25) is 0 Å². The summed E-state index contributed by atoms with van der Waals surface area (Å²) in [5, 5.41) is 1.04. The van der Waals surface area contributed by atoms with Gasteiger partial charge in [0.2, 0.25) is 5.91 Å². The van der Waals surface area contributed by atoms with Crippen LogP contribution in [0.1, 0.15) is 24.8 Å². The molecule has 0 bridgehead atoms. The smallest absolute Gasteiger partial charge is 0.257 e. The van der Waals surface area contributed by atoms with E-state index < -0.39 is 0 Å². The third-order valence-electron chi connectivity index (χ3n) is 6.51. The molecule has 2 aromatic heterocycles. The molecule has 1 aliphatic heterocycles. The molecule has 7 heteroatoms. The monoisotopic (exact) mass is 432 g/mol. The Bertz CT molecular complexity index is 1200. The molecule has 166 valence electrons. The number of fused-ring (bicyclic) bond motifs is 4. The number of aromatic nitrogens is 2. The average molecular weight is 433 g/mol. The van der Waals surface area contributed by atoms with Crippen LogP contribution in [0, 0.1) is 0 Å². The molecule has 1 saturated carbocycles. The van der Waals surface area contributed by atoms with Crippen LogP contribution in [-0.4, -0.2) is 62.2 Å². The molecule has 32 heavy (non-hydrogen) atoms. The van der Waals surface area contributed by atoms with Crippen molar-refractivity contribution in [2.45, 2.75) is 24.7 Å². The predicted octanol–water partition coefficient (Wildman–Crippen LogP) is 3.64. The largest absolute Gasteiger partial charge is 0.491 e. The number of likely N-dealkylation sites (N-methyl/N-ethyl adjacent to an activating group) is 1. The highest BCUT2D eigenvalue weighted by Gasteiger charge is 2.59. The van der Waals surface area contributed by atoms with Gasteiger partial charge in [-0.1, -0.05) is 6.07 Å². The number of nitrogens with zero attached hydrogens (tertiary/aromatic N) is 4. The first-order valence-electron chi connectivity index (χ1n) is 11.0. The van der Waals surface area contributed by atoms with Crippen LogP contribution in [0.25, 0.3) is 22.0 Å². The standard InChI is InChI=1S/C25H28N4O3/c1-28(2)10-5-11-32-23-21(31-4)13-17(14-27-23)16-6-7-19-18(12-16)22-20(15-26-19)29(3)24(30)25(22)8-9-25/h6-7,12-15H,5,8-11H2,1-4H3. The Hall–Kier alpha value is -3.19. The van der Waals surface area contributed by atoms with E-state index in [2.05, 4.69) is 20.9 Å².